The van der Waals surface area contributed by atoms with Gasteiger partial charge in [-0.05, 0) is 42.0 Å². The maximum Gasteiger partial charge on any atom is 0.410 e. The Hall–Kier alpha value is -3.28. The van der Waals surface area contributed by atoms with Crippen LogP contribution in [0.3, 0.4) is 0 Å². The van der Waals surface area contributed by atoms with Crippen molar-refractivity contribution in [1.82, 2.24) is 9.47 Å². The summed E-state index contributed by atoms with van der Waals surface area (Å²) >= 11 is 0. The van der Waals surface area contributed by atoms with Gasteiger partial charge in [-0.25, -0.2) is 4.79 Å². The fourth-order valence-electron chi connectivity index (χ4n) is 3.76. The zero-order valence-corrected chi connectivity index (χ0v) is 15.6. The maximum atomic E-state index is 12.3. The lowest BCUT2D eigenvalue weighted by Gasteiger charge is -2.32. The van der Waals surface area contributed by atoms with Crippen LogP contribution in [0.1, 0.15) is 34.8 Å². The highest BCUT2D eigenvalue weighted by Gasteiger charge is 2.25. The number of nitrogens with zero attached hydrogens (tertiary/aromatic N) is 2. The van der Waals surface area contributed by atoms with Gasteiger partial charge in [0.1, 0.15) is 6.61 Å². The van der Waals surface area contributed by atoms with Gasteiger partial charge in [-0.1, -0.05) is 36.4 Å². The van der Waals surface area contributed by atoms with Crippen LogP contribution in [-0.2, 0) is 11.3 Å². The van der Waals surface area contributed by atoms with Crippen LogP contribution in [-0.4, -0.2) is 34.6 Å². The minimum absolute atomic E-state index is 0.268. The summed E-state index contributed by atoms with van der Waals surface area (Å²) in [7, 11) is 0. The van der Waals surface area contributed by atoms with Gasteiger partial charge in [-0.2, -0.15) is 0 Å². The number of hydrogen-bond acceptors (Lipinski definition) is 3. The highest BCUT2D eigenvalue weighted by Crippen LogP contribution is 2.28. The van der Waals surface area contributed by atoms with Crippen LogP contribution in [0.4, 0.5) is 4.79 Å². The average Bonchev–Trinajstić information content (AvgIpc) is 3.16. The molecule has 144 valence electrons. The molecule has 6 heteroatoms. The predicted octanol–water partition coefficient (Wildman–Crippen LogP) is 3.71. The second kappa shape index (κ2) is 7.76. The van der Waals surface area contributed by atoms with Crippen molar-refractivity contribution >= 4 is 22.9 Å². The molecule has 0 bridgehead atoms. The number of fused-ring (bicyclic) bond motifs is 1. The smallest absolute Gasteiger partial charge is 0.410 e. The Balaban J connectivity index is 1.39. The summed E-state index contributed by atoms with van der Waals surface area (Å²) < 4.78 is 7.62. The average molecular weight is 377 g/mol. The summed E-state index contributed by atoms with van der Waals surface area (Å²) in [5.41, 5.74) is 7.91. The first-order valence-corrected chi connectivity index (χ1v) is 9.48. The number of nitrogens with two attached hydrogens (primary N) is 1. The van der Waals surface area contributed by atoms with Gasteiger partial charge in [0.05, 0.1) is 0 Å². The number of benzene rings is 2. The third-order valence-corrected chi connectivity index (χ3v) is 5.33. The Morgan fingerprint density at radius 3 is 2.50 bits per heavy atom. The summed E-state index contributed by atoms with van der Waals surface area (Å²) in [6, 6.07) is 17.5. The molecule has 6 nitrogen and oxygen atoms in total. The van der Waals surface area contributed by atoms with Crippen LogP contribution >= 0.6 is 0 Å². The Kier molecular flexibility index (Phi) is 5.02. The quantitative estimate of drug-likeness (QED) is 0.753. The Morgan fingerprint density at radius 2 is 1.79 bits per heavy atom. The molecule has 4 rings (SSSR count). The van der Waals surface area contributed by atoms with E-state index in [4.69, 9.17) is 10.5 Å². The van der Waals surface area contributed by atoms with Gasteiger partial charge in [0.15, 0.2) is 0 Å². The van der Waals surface area contributed by atoms with Gasteiger partial charge in [0.25, 0.3) is 0 Å². The number of piperidine rings is 1. The SMILES string of the molecule is NC(=O)c1ccc2ccn(C3CCN(C(=O)OCc4ccccc4)CC3)c2c1. The molecule has 2 N–H and O–H groups in total. The van der Waals surface area contributed by atoms with E-state index in [9.17, 15) is 9.59 Å². The van der Waals surface area contributed by atoms with Crippen LogP contribution in [0, 0.1) is 0 Å². The summed E-state index contributed by atoms with van der Waals surface area (Å²) in [5, 5.41) is 1.08. The second-order valence-electron chi connectivity index (χ2n) is 7.12. The van der Waals surface area contributed by atoms with Crippen LogP contribution < -0.4 is 5.73 Å². The van der Waals surface area contributed by atoms with Crippen LogP contribution in [0.5, 0.6) is 0 Å². The van der Waals surface area contributed by atoms with Gasteiger partial charge in [-0.3, -0.25) is 4.79 Å². The molecule has 0 radical (unpaired) electrons. The molecule has 0 unspecified atom stereocenters. The van der Waals surface area contributed by atoms with Crippen molar-refractivity contribution in [3.05, 3.63) is 71.9 Å². The minimum atomic E-state index is -0.425. The minimum Gasteiger partial charge on any atom is -0.445 e. The molecule has 3 aromatic rings. The fourth-order valence-corrected chi connectivity index (χ4v) is 3.76. The summed E-state index contributed by atoms with van der Waals surface area (Å²) in [6.07, 6.45) is 3.45. The standard InChI is InChI=1S/C22H23N3O3/c23-21(26)18-7-6-17-8-13-25(20(17)14-18)19-9-11-24(12-10-19)22(27)28-15-16-4-2-1-3-5-16/h1-8,13-14,19H,9-12,15H2,(H2,23,26). The van der Waals surface area contributed by atoms with E-state index in [1.165, 1.54) is 0 Å². The zero-order valence-electron chi connectivity index (χ0n) is 15.6. The third-order valence-electron chi connectivity index (χ3n) is 5.33. The number of carbonyl (C=O) groups is 2. The molecule has 1 aromatic heterocycles. The summed E-state index contributed by atoms with van der Waals surface area (Å²) in [6.45, 7) is 1.58. The Morgan fingerprint density at radius 1 is 1.04 bits per heavy atom. The first kappa shape index (κ1) is 18.1. The fraction of sp³-hybridized carbons (Fsp3) is 0.273. The molecule has 0 spiro atoms. The van der Waals surface area contributed by atoms with Crippen molar-refractivity contribution in [3.63, 3.8) is 0 Å². The van der Waals surface area contributed by atoms with Gasteiger partial charge in [0.2, 0.25) is 5.91 Å². The lowest BCUT2D eigenvalue weighted by atomic mass is 10.0. The van der Waals surface area contributed by atoms with Gasteiger partial charge < -0.3 is 19.9 Å². The molecular formula is C22H23N3O3. The van der Waals surface area contributed by atoms with Crippen molar-refractivity contribution < 1.29 is 14.3 Å². The molecule has 1 aliphatic rings. The van der Waals surface area contributed by atoms with E-state index < -0.39 is 5.91 Å². The number of amides is 2. The second-order valence-corrected chi connectivity index (χ2v) is 7.12. The number of primary amides is 1. The number of aromatic nitrogens is 1. The van der Waals surface area contributed by atoms with Crippen molar-refractivity contribution in [2.75, 3.05) is 13.1 Å². The van der Waals surface area contributed by atoms with Gasteiger partial charge in [0, 0.05) is 36.4 Å². The number of likely N-dealkylation sites (tertiary alicyclic amines) is 1. The first-order valence-electron chi connectivity index (χ1n) is 9.48. The number of hydrogen-bond donors (Lipinski definition) is 1. The number of ether oxygens (including phenoxy) is 1. The van der Waals surface area contributed by atoms with E-state index in [0.29, 0.717) is 18.7 Å². The molecule has 1 saturated heterocycles. The largest absolute Gasteiger partial charge is 0.445 e. The molecule has 2 heterocycles. The van der Waals surface area contributed by atoms with Crippen LogP contribution in [0.2, 0.25) is 0 Å². The topological polar surface area (TPSA) is 77.6 Å². The van der Waals surface area contributed by atoms with E-state index in [1.807, 2.05) is 54.7 Å². The van der Waals surface area contributed by atoms with Crippen molar-refractivity contribution in [3.8, 4) is 0 Å². The number of carbonyl (C=O) groups excluding carboxylic acids is 2. The lowest BCUT2D eigenvalue weighted by Crippen LogP contribution is -2.39. The monoisotopic (exact) mass is 377 g/mol. The number of rotatable bonds is 4. The molecule has 1 fully saturated rings. The molecule has 2 aromatic carbocycles. The zero-order chi connectivity index (χ0) is 19.5. The highest BCUT2D eigenvalue weighted by atomic mass is 16.6. The van der Waals surface area contributed by atoms with Crippen LogP contribution in [0.15, 0.2) is 60.8 Å². The third kappa shape index (κ3) is 3.71. The lowest BCUT2D eigenvalue weighted by molar-refractivity contribution is 0.0834. The normalized spacial score (nSPS) is 14.9. The van der Waals surface area contributed by atoms with E-state index >= 15 is 0 Å². The summed E-state index contributed by atoms with van der Waals surface area (Å²) in [5.74, 6) is -0.425. The Bertz CT molecular complexity index is 989. The highest BCUT2D eigenvalue weighted by molar-refractivity contribution is 5.97. The molecule has 0 aliphatic carbocycles. The van der Waals surface area contributed by atoms with Gasteiger partial charge in [-0.15, -0.1) is 0 Å². The van der Waals surface area contributed by atoms with E-state index in [1.54, 1.807) is 11.0 Å². The van der Waals surface area contributed by atoms with Crippen molar-refractivity contribution in [1.29, 1.82) is 0 Å². The van der Waals surface area contributed by atoms with Gasteiger partial charge >= 0.3 is 6.09 Å². The molecule has 0 atom stereocenters. The molecule has 28 heavy (non-hydrogen) atoms. The summed E-state index contributed by atoms with van der Waals surface area (Å²) in [4.78, 5) is 25.6. The van der Waals surface area contributed by atoms with E-state index in [0.717, 1.165) is 29.3 Å². The molecule has 2 amide bonds. The van der Waals surface area contributed by atoms with E-state index in [-0.39, 0.29) is 18.7 Å². The molecular weight excluding hydrogens is 354 g/mol. The molecule has 0 saturated carbocycles. The Labute approximate surface area is 163 Å². The molecule has 1 aliphatic heterocycles. The van der Waals surface area contributed by atoms with Crippen LogP contribution in [0.25, 0.3) is 10.9 Å². The van der Waals surface area contributed by atoms with Crippen molar-refractivity contribution in [2.24, 2.45) is 5.73 Å². The van der Waals surface area contributed by atoms with E-state index in [2.05, 4.69) is 4.57 Å². The first-order chi connectivity index (χ1) is 13.6. The van der Waals surface area contributed by atoms with Crippen molar-refractivity contribution in [2.45, 2.75) is 25.5 Å². The maximum absolute atomic E-state index is 12.3. The predicted molar refractivity (Wildman–Crippen MR) is 107 cm³/mol.